The van der Waals surface area contributed by atoms with Crippen molar-refractivity contribution >= 4 is 44.4 Å². The molecule has 0 radical (unpaired) electrons. The van der Waals surface area contributed by atoms with E-state index in [1.807, 2.05) is 30.1 Å². The Bertz CT molecular complexity index is 2350. The molecule has 3 aliphatic carbocycles. The number of ether oxygens (including phenoxy) is 2. The molecule has 0 bridgehead atoms. The van der Waals surface area contributed by atoms with E-state index in [0.717, 1.165) is 96.1 Å². The Morgan fingerprint density at radius 3 is 2.53 bits per heavy atom. The van der Waals surface area contributed by atoms with E-state index in [1.165, 1.54) is 12.0 Å². The first kappa shape index (κ1) is 33.2. The third-order valence-electron chi connectivity index (χ3n) is 13.3. The molecule has 3 aliphatic heterocycles. The van der Waals surface area contributed by atoms with Crippen LogP contribution in [-0.2, 0) is 28.4 Å². The summed E-state index contributed by atoms with van der Waals surface area (Å²) in [4.78, 5) is 30.2. The van der Waals surface area contributed by atoms with Gasteiger partial charge in [0.15, 0.2) is 0 Å². The number of carbonyl (C=O) groups is 2. The maximum absolute atomic E-state index is 14.5. The van der Waals surface area contributed by atoms with Crippen molar-refractivity contribution in [1.82, 2.24) is 24.0 Å². The summed E-state index contributed by atoms with van der Waals surface area (Å²) in [7, 11) is -0.198. The number of nitrogens with zero attached hydrogens (tertiary/aromatic N) is 4. The molecular weight excluding hydrogens is 691 g/mol. The van der Waals surface area contributed by atoms with Crippen molar-refractivity contribution < 1.29 is 27.5 Å². The van der Waals surface area contributed by atoms with Crippen molar-refractivity contribution in [3.05, 3.63) is 70.5 Å². The number of benzene rings is 2. The Kier molecular flexibility index (Phi) is 7.54. The lowest BCUT2D eigenvalue weighted by Gasteiger charge is -2.66. The maximum atomic E-state index is 14.5. The molecule has 2 saturated heterocycles. The Morgan fingerprint density at radius 2 is 1.79 bits per heavy atom. The zero-order valence-electron chi connectivity index (χ0n) is 30.3. The van der Waals surface area contributed by atoms with Gasteiger partial charge in [-0.25, -0.2) is 13.1 Å². The van der Waals surface area contributed by atoms with Crippen molar-refractivity contribution in [2.75, 3.05) is 13.7 Å². The summed E-state index contributed by atoms with van der Waals surface area (Å²) in [6.07, 6.45) is 14.6. The van der Waals surface area contributed by atoms with Crippen LogP contribution in [0.4, 0.5) is 0 Å². The van der Waals surface area contributed by atoms with Crippen molar-refractivity contribution in [2.24, 2.45) is 7.05 Å². The van der Waals surface area contributed by atoms with Gasteiger partial charge in [-0.3, -0.25) is 14.3 Å². The SMILES string of the molecule is COc1ccc2c(c1)C=C(c1c(C(=O)N3C4CCCC45OCC35)cnn1C)Cn1c-2c(C2CCCCC2)c2ccc(C(=O)NS(=O)(=O)C3CCC3)cc21. The summed E-state index contributed by atoms with van der Waals surface area (Å²) < 4.78 is 44.3. The number of likely N-dealkylation sites (tertiary alicyclic amines) is 1. The van der Waals surface area contributed by atoms with Crippen LogP contribution in [0.15, 0.2) is 42.6 Å². The fraction of sp³-hybridized carbons (Fsp3) is 0.488. The highest BCUT2D eigenvalue weighted by atomic mass is 32.2. The molecule has 3 atom stereocenters. The summed E-state index contributed by atoms with van der Waals surface area (Å²) >= 11 is 0. The Morgan fingerprint density at radius 1 is 0.962 bits per heavy atom. The van der Waals surface area contributed by atoms with E-state index in [9.17, 15) is 18.0 Å². The summed E-state index contributed by atoms with van der Waals surface area (Å²) in [6.45, 7) is 0.995. The average molecular weight is 736 g/mol. The minimum atomic E-state index is -3.76. The van der Waals surface area contributed by atoms with E-state index in [0.29, 0.717) is 43.0 Å². The van der Waals surface area contributed by atoms with Gasteiger partial charge in [-0.05, 0) is 104 Å². The zero-order chi connectivity index (χ0) is 36.2. The molecule has 1 spiro atoms. The highest BCUT2D eigenvalue weighted by Crippen LogP contribution is 2.56. The molecule has 53 heavy (non-hydrogen) atoms. The number of sulfonamides is 1. The molecule has 1 N–H and O–H groups in total. The van der Waals surface area contributed by atoms with E-state index < -0.39 is 21.2 Å². The smallest absolute Gasteiger partial charge is 0.264 e. The van der Waals surface area contributed by atoms with Crippen molar-refractivity contribution in [3.8, 4) is 17.0 Å². The van der Waals surface area contributed by atoms with Gasteiger partial charge >= 0.3 is 0 Å². The van der Waals surface area contributed by atoms with Crippen LogP contribution in [0.1, 0.15) is 114 Å². The van der Waals surface area contributed by atoms with Crippen molar-refractivity contribution in [1.29, 1.82) is 0 Å². The molecule has 2 aromatic heterocycles. The van der Waals surface area contributed by atoms with Gasteiger partial charge in [0.25, 0.3) is 11.8 Å². The van der Waals surface area contributed by atoms with Gasteiger partial charge in [0.2, 0.25) is 10.0 Å². The summed E-state index contributed by atoms with van der Waals surface area (Å²) in [6, 6.07) is 12.0. The molecule has 4 aromatic rings. The summed E-state index contributed by atoms with van der Waals surface area (Å²) in [5.74, 6) is 0.445. The summed E-state index contributed by atoms with van der Waals surface area (Å²) in [5, 5.41) is 5.21. The first-order valence-electron chi connectivity index (χ1n) is 19.3. The maximum Gasteiger partial charge on any atom is 0.264 e. The van der Waals surface area contributed by atoms with Gasteiger partial charge in [0.1, 0.15) is 11.4 Å². The largest absolute Gasteiger partial charge is 0.497 e. The van der Waals surface area contributed by atoms with Crippen LogP contribution in [0, 0.1) is 0 Å². The molecule has 12 heteroatoms. The number of allylic oxidation sites excluding steroid dienone is 1. The second-order valence-corrected chi connectivity index (χ2v) is 18.0. The second kappa shape index (κ2) is 12.0. The molecule has 2 aromatic carbocycles. The molecule has 2 amide bonds. The first-order valence-corrected chi connectivity index (χ1v) is 20.8. The van der Waals surface area contributed by atoms with Crippen LogP contribution in [0.2, 0.25) is 0 Å². The predicted molar refractivity (Wildman–Crippen MR) is 201 cm³/mol. The highest BCUT2D eigenvalue weighted by molar-refractivity contribution is 7.90. The van der Waals surface area contributed by atoms with Crippen LogP contribution >= 0.6 is 0 Å². The topological polar surface area (TPSA) is 125 Å². The molecule has 11 nitrogen and oxygen atoms in total. The van der Waals surface area contributed by atoms with Crippen LogP contribution in [0.25, 0.3) is 33.8 Å². The van der Waals surface area contributed by atoms with Gasteiger partial charge in [0.05, 0.1) is 60.7 Å². The molecule has 6 aliphatic rings. The van der Waals surface area contributed by atoms with Crippen LogP contribution in [-0.4, -0.2) is 76.1 Å². The summed E-state index contributed by atoms with van der Waals surface area (Å²) in [5.41, 5.74) is 7.64. The monoisotopic (exact) mass is 735 g/mol. The minimum Gasteiger partial charge on any atom is -0.497 e. The third-order valence-corrected chi connectivity index (χ3v) is 15.2. The zero-order valence-corrected chi connectivity index (χ0v) is 31.1. The number of aryl methyl sites for hydroxylation is 1. The van der Waals surface area contributed by atoms with Crippen LogP contribution in [0.5, 0.6) is 5.75 Å². The number of nitrogens with one attached hydrogen (secondary N) is 1. The minimum absolute atomic E-state index is 0.00736. The third kappa shape index (κ3) is 4.86. The van der Waals surface area contributed by atoms with Gasteiger partial charge in [-0.1, -0.05) is 31.7 Å². The molecule has 3 unspecified atom stereocenters. The van der Waals surface area contributed by atoms with E-state index >= 15 is 0 Å². The molecule has 276 valence electrons. The number of methoxy groups -OCH3 is 1. The fourth-order valence-electron chi connectivity index (χ4n) is 10.4. The molecule has 10 rings (SSSR count). The number of hydrogen-bond acceptors (Lipinski definition) is 7. The normalized spacial score (nSPS) is 25.2. The van der Waals surface area contributed by atoms with Crippen molar-refractivity contribution in [2.45, 2.75) is 106 Å². The lowest BCUT2D eigenvalue weighted by Crippen LogP contribution is -2.84. The average Bonchev–Trinajstić information content (AvgIpc) is 3.78. The van der Waals surface area contributed by atoms with Gasteiger partial charge in [-0.15, -0.1) is 0 Å². The first-order chi connectivity index (χ1) is 25.7. The fourth-order valence-corrected chi connectivity index (χ4v) is 11.9. The number of fused-ring (bicyclic) bond motifs is 5. The van der Waals surface area contributed by atoms with Gasteiger partial charge in [0, 0.05) is 29.1 Å². The Balaban J connectivity index is 1.13. The second-order valence-electron chi connectivity index (χ2n) is 16.0. The predicted octanol–water partition coefficient (Wildman–Crippen LogP) is 6.41. The Hall–Kier alpha value is -4.42. The number of morpholine rings is 1. The van der Waals surface area contributed by atoms with E-state index in [2.05, 4.69) is 32.6 Å². The standard InChI is InChI=1S/C41H45N5O6S/c1-44-37(32(21-42-44)40(48)46-34-12-7-17-41(34)35(46)23-52-41)27-18-26-19-28(51-2)14-16-30(26)38-36(24-8-4-3-5-9-24)31-15-13-25(20-33(31)45(38)22-27)39(47)43-53(49,50)29-10-6-11-29/h13-16,18-21,24,29,34-35H,3-12,17,22-23H2,1-2H3,(H,43,47). The van der Waals surface area contributed by atoms with Gasteiger partial charge in [-0.2, -0.15) is 5.10 Å². The molecular formula is C41H45N5O6S. The van der Waals surface area contributed by atoms with Crippen LogP contribution < -0.4 is 9.46 Å². The quantitative estimate of drug-likeness (QED) is 0.233. The molecule has 5 fully saturated rings. The Labute approximate surface area is 309 Å². The number of carbonyl (C=O) groups excluding carboxylic acids is 2. The number of aromatic nitrogens is 3. The van der Waals surface area contributed by atoms with E-state index in [-0.39, 0.29) is 23.6 Å². The van der Waals surface area contributed by atoms with Gasteiger partial charge < -0.3 is 18.9 Å². The molecule has 3 saturated carbocycles. The lowest BCUT2D eigenvalue weighted by atomic mass is 9.72. The van der Waals surface area contributed by atoms with Crippen LogP contribution in [0.3, 0.4) is 0 Å². The number of rotatable bonds is 7. The molecule has 5 heterocycles. The van der Waals surface area contributed by atoms with E-state index in [4.69, 9.17) is 9.47 Å². The lowest BCUT2D eigenvalue weighted by molar-refractivity contribution is -0.297. The number of amides is 2. The highest BCUT2D eigenvalue weighted by Gasteiger charge is 2.71. The van der Waals surface area contributed by atoms with E-state index in [1.54, 1.807) is 24.1 Å². The van der Waals surface area contributed by atoms with Crippen molar-refractivity contribution in [3.63, 3.8) is 0 Å². The number of hydrogen-bond donors (Lipinski definition) is 1.